The monoisotopic (exact) mass is 288 g/mol. The molecule has 0 radical (unpaired) electrons. The van der Waals surface area contributed by atoms with Crippen LogP contribution in [-0.2, 0) is 6.42 Å². The topological polar surface area (TPSA) is 0 Å². The minimum absolute atomic E-state index is 0.142. The third-order valence-corrected chi connectivity index (χ3v) is 7.95. The lowest BCUT2D eigenvalue weighted by Crippen LogP contribution is -2.06. The molecule has 106 valence electrons. The molecule has 0 nitrogen and oxygen atoms in total. The van der Waals surface area contributed by atoms with E-state index in [2.05, 4.69) is 42.8 Å². The summed E-state index contributed by atoms with van der Waals surface area (Å²) in [6.07, 6.45) is 7.26. The molecular formula is C18H21FS. The van der Waals surface area contributed by atoms with E-state index in [1.54, 1.807) is 12.1 Å². The average molecular weight is 288 g/mol. The Morgan fingerprint density at radius 2 is 1.65 bits per heavy atom. The van der Waals surface area contributed by atoms with Crippen LogP contribution in [0.5, 0.6) is 0 Å². The Morgan fingerprint density at radius 1 is 1.00 bits per heavy atom. The van der Waals surface area contributed by atoms with E-state index in [-0.39, 0.29) is 5.82 Å². The van der Waals surface area contributed by atoms with Crippen LogP contribution in [0.15, 0.2) is 59.5 Å². The Kier molecular flexibility index (Phi) is 3.59. The van der Waals surface area contributed by atoms with Gasteiger partial charge in [-0.15, -0.1) is 0 Å². The smallest absolute Gasteiger partial charge is 0.123 e. The predicted octanol–water partition coefficient (Wildman–Crippen LogP) is 4.88. The van der Waals surface area contributed by atoms with Gasteiger partial charge in [0, 0.05) is 0 Å². The summed E-state index contributed by atoms with van der Waals surface area (Å²) in [6, 6.07) is 17.9. The first-order chi connectivity index (χ1) is 9.57. The highest BCUT2D eigenvalue weighted by atomic mass is 32.3. The van der Waals surface area contributed by atoms with Crippen molar-refractivity contribution in [1.29, 1.82) is 0 Å². The first-order valence-corrected chi connectivity index (χ1v) is 9.60. The zero-order chi connectivity index (χ0) is 14.2. The predicted molar refractivity (Wildman–Crippen MR) is 86.1 cm³/mol. The summed E-state index contributed by atoms with van der Waals surface area (Å²) in [7, 11) is -0.717. The molecule has 0 heterocycles. The second-order valence-electron chi connectivity index (χ2n) is 6.08. The van der Waals surface area contributed by atoms with Crippen LogP contribution in [0.4, 0.5) is 4.39 Å². The van der Waals surface area contributed by atoms with E-state index in [4.69, 9.17) is 0 Å². The van der Waals surface area contributed by atoms with Crippen molar-refractivity contribution in [3.05, 3.63) is 66.0 Å². The fourth-order valence-corrected chi connectivity index (χ4v) is 6.02. The SMILES string of the molecule is CS(C)(c1ccccc1)[C@H]1C[C@@H]1Cc1ccc(F)cc1. The van der Waals surface area contributed by atoms with Gasteiger partial charge in [0.1, 0.15) is 5.82 Å². The summed E-state index contributed by atoms with van der Waals surface area (Å²) in [6.45, 7) is 0. The summed E-state index contributed by atoms with van der Waals surface area (Å²) >= 11 is 0. The highest BCUT2D eigenvalue weighted by molar-refractivity contribution is 8.33. The molecule has 0 spiro atoms. The molecule has 0 aromatic heterocycles. The number of benzene rings is 2. The molecule has 0 saturated heterocycles. The number of rotatable bonds is 4. The maximum atomic E-state index is 12.9. The van der Waals surface area contributed by atoms with Gasteiger partial charge >= 0.3 is 0 Å². The van der Waals surface area contributed by atoms with Crippen LogP contribution in [0.2, 0.25) is 0 Å². The van der Waals surface area contributed by atoms with Gasteiger partial charge in [0.2, 0.25) is 0 Å². The lowest BCUT2D eigenvalue weighted by Gasteiger charge is -2.32. The molecule has 1 aliphatic rings. The summed E-state index contributed by atoms with van der Waals surface area (Å²) in [5.41, 5.74) is 1.27. The normalized spacial score (nSPS) is 22.6. The van der Waals surface area contributed by atoms with Crippen molar-refractivity contribution in [1.82, 2.24) is 0 Å². The van der Waals surface area contributed by atoms with Crippen molar-refractivity contribution < 1.29 is 4.39 Å². The minimum Gasteiger partial charge on any atom is -0.217 e. The molecular weight excluding hydrogens is 267 g/mol. The van der Waals surface area contributed by atoms with E-state index in [1.165, 1.54) is 16.9 Å². The van der Waals surface area contributed by atoms with Crippen LogP contribution in [0, 0.1) is 11.7 Å². The molecule has 1 fully saturated rings. The number of hydrogen-bond acceptors (Lipinski definition) is 0. The third kappa shape index (κ3) is 2.76. The largest absolute Gasteiger partial charge is 0.217 e. The Bertz CT molecular complexity index is 574. The lowest BCUT2D eigenvalue weighted by atomic mass is 10.1. The van der Waals surface area contributed by atoms with Crippen molar-refractivity contribution in [3.63, 3.8) is 0 Å². The highest BCUT2D eigenvalue weighted by Gasteiger charge is 2.45. The van der Waals surface area contributed by atoms with Gasteiger partial charge in [-0.2, -0.15) is 0 Å². The van der Waals surface area contributed by atoms with E-state index >= 15 is 0 Å². The van der Waals surface area contributed by atoms with E-state index in [1.807, 2.05) is 12.1 Å². The second kappa shape index (κ2) is 5.25. The average Bonchev–Trinajstić information content (AvgIpc) is 3.22. The first-order valence-electron chi connectivity index (χ1n) is 7.09. The summed E-state index contributed by atoms with van der Waals surface area (Å²) < 4.78 is 12.9. The molecule has 0 bridgehead atoms. The second-order valence-corrected chi connectivity index (χ2v) is 9.97. The molecule has 2 aromatic carbocycles. The standard InChI is InChI=1S/C18H21FS/c1-20(2,17-6-4-3-5-7-17)18-13-15(18)12-14-8-10-16(19)11-9-14/h3-11,15,18H,12-13H2,1-2H3/t15-,18-/m0/s1. The Hall–Kier alpha value is -1.28. The van der Waals surface area contributed by atoms with Crippen LogP contribution < -0.4 is 0 Å². The Morgan fingerprint density at radius 3 is 2.30 bits per heavy atom. The van der Waals surface area contributed by atoms with Crippen molar-refractivity contribution in [3.8, 4) is 0 Å². The molecule has 2 atom stereocenters. The van der Waals surface area contributed by atoms with Gasteiger partial charge in [0.25, 0.3) is 0 Å². The molecule has 0 unspecified atom stereocenters. The summed E-state index contributed by atoms with van der Waals surface area (Å²) in [4.78, 5) is 1.51. The van der Waals surface area contributed by atoms with E-state index < -0.39 is 10.0 Å². The van der Waals surface area contributed by atoms with Crippen LogP contribution in [0.3, 0.4) is 0 Å². The molecule has 2 heteroatoms. The number of halogens is 1. The van der Waals surface area contributed by atoms with Gasteiger partial charge in [-0.1, -0.05) is 42.5 Å². The quantitative estimate of drug-likeness (QED) is 0.752. The van der Waals surface area contributed by atoms with E-state index in [0.29, 0.717) is 0 Å². The van der Waals surface area contributed by atoms with E-state index in [9.17, 15) is 4.39 Å². The highest BCUT2D eigenvalue weighted by Crippen LogP contribution is 2.65. The summed E-state index contributed by atoms with van der Waals surface area (Å²) in [5.74, 6) is 0.627. The van der Waals surface area contributed by atoms with Crippen molar-refractivity contribution in [2.24, 2.45) is 5.92 Å². The maximum absolute atomic E-state index is 12.9. The molecule has 0 amide bonds. The Labute approximate surface area is 122 Å². The van der Waals surface area contributed by atoms with E-state index in [0.717, 1.165) is 17.6 Å². The van der Waals surface area contributed by atoms with Gasteiger partial charge in [-0.05, 0) is 59.1 Å². The fraction of sp³-hybridized carbons (Fsp3) is 0.333. The molecule has 0 aliphatic heterocycles. The van der Waals surface area contributed by atoms with Crippen LogP contribution in [-0.4, -0.2) is 17.8 Å². The first kappa shape index (κ1) is 13.7. The molecule has 2 aromatic rings. The Balaban J connectivity index is 1.68. The van der Waals surface area contributed by atoms with Crippen molar-refractivity contribution >= 4 is 10.0 Å². The molecule has 1 aliphatic carbocycles. The summed E-state index contributed by atoms with van der Waals surface area (Å²) in [5, 5.41) is 0.815. The molecule has 3 rings (SSSR count). The fourth-order valence-electron chi connectivity index (χ4n) is 3.03. The minimum atomic E-state index is -0.717. The van der Waals surface area contributed by atoms with Crippen molar-refractivity contribution in [2.45, 2.75) is 23.0 Å². The van der Waals surface area contributed by atoms with Gasteiger partial charge in [0.05, 0.1) is 0 Å². The van der Waals surface area contributed by atoms with Gasteiger partial charge < -0.3 is 0 Å². The molecule has 1 saturated carbocycles. The van der Waals surface area contributed by atoms with Crippen LogP contribution in [0.1, 0.15) is 12.0 Å². The van der Waals surface area contributed by atoms with Gasteiger partial charge in [-0.3, -0.25) is 0 Å². The van der Waals surface area contributed by atoms with Crippen molar-refractivity contribution in [2.75, 3.05) is 12.5 Å². The maximum Gasteiger partial charge on any atom is 0.123 e. The molecule has 20 heavy (non-hydrogen) atoms. The lowest BCUT2D eigenvalue weighted by molar-refractivity contribution is 0.626. The van der Waals surface area contributed by atoms with Crippen LogP contribution >= 0.6 is 10.0 Å². The third-order valence-electron chi connectivity index (χ3n) is 4.38. The van der Waals surface area contributed by atoms with Gasteiger partial charge in [-0.25, -0.2) is 14.4 Å². The van der Waals surface area contributed by atoms with Gasteiger partial charge in [0.15, 0.2) is 0 Å². The van der Waals surface area contributed by atoms with Crippen LogP contribution in [0.25, 0.3) is 0 Å². The molecule has 0 N–H and O–H groups in total. The number of hydrogen-bond donors (Lipinski definition) is 0. The zero-order valence-corrected chi connectivity index (χ0v) is 12.9. The zero-order valence-electron chi connectivity index (χ0n) is 12.1.